The van der Waals surface area contributed by atoms with Gasteiger partial charge in [0.1, 0.15) is 13.2 Å². The minimum absolute atomic E-state index is 0.0892. The summed E-state index contributed by atoms with van der Waals surface area (Å²) in [5.74, 6) is -0.263. The van der Waals surface area contributed by atoms with Crippen molar-refractivity contribution in [1.82, 2.24) is 5.32 Å². The maximum Gasteiger partial charge on any atom is 0.415 e. The first-order valence-corrected chi connectivity index (χ1v) is 6.94. The van der Waals surface area contributed by atoms with E-state index in [0.717, 1.165) is 5.56 Å². The highest BCUT2D eigenvalue weighted by molar-refractivity contribution is 5.94. The van der Waals surface area contributed by atoms with Crippen molar-refractivity contribution in [3.8, 4) is 0 Å². The lowest BCUT2D eigenvalue weighted by atomic mass is 10.2. The molecule has 0 bridgehead atoms. The van der Waals surface area contributed by atoms with Crippen LogP contribution < -0.4 is 10.2 Å². The van der Waals surface area contributed by atoms with E-state index in [2.05, 4.69) is 5.32 Å². The number of carbonyl (C=O) groups is 2. The predicted octanol–water partition coefficient (Wildman–Crippen LogP) is 2.58. The lowest BCUT2D eigenvalue weighted by molar-refractivity contribution is -0.119. The zero-order valence-electron chi connectivity index (χ0n) is 12.4. The molecule has 0 fully saturated rings. The quantitative estimate of drug-likeness (QED) is 0.923. The van der Waals surface area contributed by atoms with Crippen LogP contribution >= 0.6 is 0 Å². The Labute approximate surface area is 129 Å². The fraction of sp³-hybridized carbons (Fsp3) is 0.176. The van der Waals surface area contributed by atoms with Crippen LogP contribution in [-0.4, -0.2) is 25.6 Å². The summed E-state index contributed by atoms with van der Waals surface area (Å²) >= 11 is 0. The molecule has 0 saturated carbocycles. The molecule has 2 aromatic carbocycles. The van der Waals surface area contributed by atoms with E-state index in [0.29, 0.717) is 5.69 Å². The number of likely N-dealkylation sites (N-methyl/N-ethyl adjacent to an activating group) is 1. The first-order chi connectivity index (χ1) is 10.7. The molecule has 2 amide bonds. The van der Waals surface area contributed by atoms with Crippen molar-refractivity contribution < 1.29 is 14.3 Å². The molecule has 0 unspecified atom stereocenters. The van der Waals surface area contributed by atoms with Crippen LogP contribution in [0.3, 0.4) is 0 Å². The zero-order valence-corrected chi connectivity index (χ0v) is 12.4. The van der Waals surface area contributed by atoms with Crippen molar-refractivity contribution in [3.63, 3.8) is 0 Å². The molecule has 0 radical (unpaired) electrons. The Kier molecular flexibility index (Phi) is 5.54. The number of nitrogens with one attached hydrogen (secondary N) is 1. The van der Waals surface area contributed by atoms with Crippen LogP contribution in [0, 0.1) is 0 Å². The second kappa shape index (κ2) is 7.83. The van der Waals surface area contributed by atoms with E-state index >= 15 is 0 Å². The van der Waals surface area contributed by atoms with E-state index in [-0.39, 0.29) is 19.1 Å². The maximum atomic E-state index is 12.3. The van der Waals surface area contributed by atoms with Gasteiger partial charge in [0, 0.05) is 12.7 Å². The highest BCUT2D eigenvalue weighted by Gasteiger charge is 2.19. The molecule has 5 nitrogen and oxygen atoms in total. The Balaban J connectivity index is 2.07. The number of ether oxygens (including phenoxy) is 1. The van der Waals surface area contributed by atoms with E-state index < -0.39 is 6.09 Å². The largest absolute Gasteiger partial charge is 0.444 e. The molecule has 0 aromatic heterocycles. The summed E-state index contributed by atoms with van der Waals surface area (Å²) in [6.45, 7) is 0.0743. The molecule has 5 heteroatoms. The van der Waals surface area contributed by atoms with Crippen LogP contribution in [0.2, 0.25) is 0 Å². The van der Waals surface area contributed by atoms with Gasteiger partial charge in [-0.2, -0.15) is 0 Å². The summed E-state index contributed by atoms with van der Waals surface area (Å²) in [7, 11) is 1.53. The lowest BCUT2D eigenvalue weighted by Gasteiger charge is -2.21. The number of anilines is 1. The number of amides is 2. The monoisotopic (exact) mass is 298 g/mol. The molecule has 0 spiro atoms. The van der Waals surface area contributed by atoms with Crippen LogP contribution in [0.15, 0.2) is 60.7 Å². The fourth-order valence-electron chi connectivity index (χ4n) is 1.89. The third-order valence-corrected chi connectivity index (χ3v) is 3.07. The maximum absolute atomic E-state index is 12.3. The second-order valence-corrected chi connectivity index (χ2v) is 4.64. The summed E-state index contributed by atoms with van der Waals surface area (Å²) in [5.41, 5.74) is 1.51. The summed E-state index contributed by atoms with van der Waals surface area (Å²) in [6.07, 6.45) is -0.557. The molecule has 0 saturated heterocycles. The van der Waals surface area contributed by atoms with E-state index in [1.807, 2.05) is 36.4 Å². The summed E-state index contributed by atoms with van der Waals surface area (Å²) in [5, 5.41) is 2.51. The lowest BCUT2D eigenvalue weighted by Crippen LogP contribution is -2.40. The van der Waals surface area contributed by atoms with Gasteiger partial charge in [0.15, 0.2) is 0 Å². The summed E-state index contributed by atoms with van der Waals surface area (Å²) in [4.78, 5) is 25.2. The van der Waals surface area contributed by atoms with Gasteiger partial charge in [-0.15, -0.1) is 0 Å². The van der Waals surface area contributed by atoms with Gasteiger partial charge in [-0.3, -0.25) is 9.69 Å². The molecule has 0 heterocycles. The summed E-state index contributed by atoms with van der Waals surface area (Å²) < 4.78 is 5.30. The molecule has 2 rings (SSSR count). The average Bonchev–Trinajstić information content (AvgIpc) is 2.59. The number of carbonyl (C=O) groups excluding carboxylic acids is 2. The smallest absolute Gasteiger partial charge is 0.415 e. The van der Waals surface area contributed by atoms with Crippen molar-refractivity contribution >= 4 is 17.7 Å². The average molecular weight is 298 g/mol. The van der Waals surface area contributed by atoms with E-state index in [1.54, 1.807) is 24.3 Å². The first kappa shape index (κ1) is 15.6. The van der Waals surface area contributed by atoms with E-state index in [1.165, 1.54) is 11.9 Å². The van der Waals surface area contributed by atoms with Gasteiger partial charge in [0.05, 0.1) is 0 Å². The van der Waals surface area contributed by atoms with Gasteiger partial charge in [0.25, 0.3) is 0 Å². The minimum Gasteiger partial charge on any atom is -0.444 e. The second-order valence-electron chi connectivity index (χ2n) is 4.64. The number of para-hydroxylation sites is 1. The topological polar surface area (TPSA) is 58.6 Å². The van der Waals surface area contributed by atoms with Crippen LogP contribution in [0.25, 0.3) is 0 Å². The molecule has 1 N–H and O–H groups in total. The Morgan fingerprint density at radius 3 is 2.18 bits per heavy atom. The third-order valence-electron chi connectivity index (χ3n) is 3.07. The molecular formula is C17H18N2O3. The molecular weight excluding hydrogens is 280 g/mol. The molecule has 114 valence electrons. The number of hydrogen-bond acceptors (Lipinski definition) is 3. The first-order valence-electron chi connectivity index (χ1n) is 6.94. The normalized spacial score (nSPS) is 9.86. The molecule has 22 heavy (non-hydrogen) atoms. The Morgan fingerprint density at radius 1 is 1.00 bits per heavy atom. The zero-order chi connectivity index (χ0) is 15.8. The standard InChI is InChI=1S/C17H18N2O3/c1-18-16(20)12-19(15-10-6-3-7-11-15)17(21)22-13-14-8-4-2-5-9-14/h2-11H,12-13H2,1H3,(H,18,20). The number of hydrogen-bond donors (Lipinski definition) is 1. The molecule has 0 atom stereocenters. The fourth-order valence-corrected chi connectivity index (χ4v) is 1.89. The number of rotatable bonds is 5. The minimum atomic E-state index is -0.557. The van der Waals surface area contributed by atoms with Crippen LogP contribution in [0.4, 0.5) is 10.5 Å². The highest BCUT2D eigenvalue weighted by Crippen LogP contribution is 2.15. The van der Waals surface area contributed by atoms with Gasteiger partial charge < -0.3 is 10.1 Å². The van der Waals surface area contributed by atoms with Gasteiger partial charge in [-0.05, 0) is 17.7 Å². The van der Waals surface area contributed by atoms with E-state index in [9.17, 15) is 9.59 Å². The van der Waals surface area contributed by atoms with Crippen molar-refractivity contribution in [2.45, 2.75) is 6.61 Å². The Hall–Kier alpha value is -2.82. The predicted molar refractivity (Wildman–Crippen MR) is 84.5 cm³/mol. The summed E-state index contributed by atoms with van der Waals surface area (Å²) in [6, 6.07) is 18.4. The van der Waals surface area contributed by atoms with Gasteiger partial charge in [-0.25, -0.2) is 4.79 Å². The van der Waals surface area contributed by atoms with Crippen LogP contribution in [-0.2, 0) is 16.1 Å². The van der Waals surface area contributed by atoms with Crippen LogP contribution in [0.5, 0.6) is 0 Å². The SMILES string of the molecule is CNC(=O)CN(C(=O)OCc1ccccc1)c1ccccc1. The van der Waals surface area contributed by atoms with Crippen LogP contribution in [0.1, 0.15) is 5.56 Å². The van der Waals surface area contributed by atoms with Gasteiger partial charge in [0.2, 0.25) is 5.91 Å². The molecule has 0 aliphatic rings. The number of nitrogens with zero attached hydrogens (tertiary/aromatic N) is 1. The third kappa shape index (κ3) is 4.34. The van der Waals surface area contributed by atoms with Crippen molar-refractivity contribution in [1.29, 1.82) is 0 Å². The van der Waals surface area contributed by atoms with Gasteiger partial charge >= 0.3 is 6.09 Å². The number of benzene rings is 2. The Bertz CT molecular complexity index is 614. The Morgan fingerprint density at radius 2 is 1.59 bits per heavy atom. The van der Waals surface area contributed by atoms with E-state index in [4.69, 9.17) is 4.74 Å². The molecule has 2 aromatic rings. The molecule has 0 aliphatic carbocycles. The molecule has 0 aliphatic heterocycles. The van der Waals surface area contributed by atoms with Crippen molar-refractivity contribution in [3.05, 3.63) is 66.2 Å². The van der Waals surface area contributed by atoms with Crippen molar-refractivity contribution in [2.24, 2.45) is 0 Å². The van der Waals surface area contributed by atoms with Gasteiger partial charge in [-0.1, -0.05) is 48.5 Å². The highest BCUT2D eigenvalue weighted by atomic mass is 16.6. The van der Waals surface area contributed by atoms with Crippen molar-refractivity contribution in [2.75, 3.05) is 18.5 Å².